The lowest BCUT2D eigenvalue weighted by Crippen LogP contribution is -2.19. The van der Waals surface area contributed by atoms with Gasteiger partial charge in [0.2, 0.25) is 0 Å². The summed E-state index contributed by atoms with van der Waals surface area (Å²) in [5.74, 6) is 1.02. The molecule has 120 valence electrons. The Bertz CT molecular complexity index is 626. The number of hydrogen-bond acceptors (Lipinski definition) is 4. The molecule has 1 heterocycles. The fraction of sp³-hybridized carbons (Fsp3) is 0.357. The van der Waals surface area contributed by atoms with Crippen LogP contribution in [0.1, 0.15) is 5.56 Å². The Morgan fingerprint density at radius 2 is 2.00 bits per heavy atom. The Morgan fingerprint density at radius 1 is 1.23 bits per heavy atom. The quantitative estimate of drug-likeness (QED) is 0.890. The molecular weight excluding hydrogens is 299 g/mol. The Labute approximate surface area is 125 Å². The summed E-state index contributed by atoms with van der Waals surface area (Å²) in [5, 5.41) is 7.27. The number of halogens is 3. The molecular formula is C14H16F3N3O2. The van der Waals surface area contributed by atoms with E-state index in [0.717, 1.165) is 5.56 Å². The number of hydrogen-bond donors (Lipinski definition) is 1. The second-order valence-electron chi connectivity index (χ2n) is 4.62. The zero-order valence-electron chi connectivity index (χ0n) is 12.1. The van der Waals surface area contributed by atoms with Gasteiger partial charge in [-0.25, -0.2) is 0 Å². The van der Waals surface area contributed by atoms with Gasteiger partial charge in [-0.3, -0.25) is 4.68 Å². The summed E-state index contributed by atoms with van der Waals surface area (Å²) in [7, 11) is 3.19. The molecule has 1 aromatic heterocycles. The predicted octanol–water partition coefficient (Wildman–Crippen LogP) is 2.98. The van der Waals surface area contributed by atoms with Crippen molar-refractivity contribution >= 4 is 5.82 Å². The number of ether oxygens (including phenoxy) is 2. The molecule has 5 nitrogen and oxygen atoms in total. The van der Waals surface area contributed by atoms with Gasteiger partial charge in [0.25, 0.3) is 0 Å². The number of aromatic nitrogens is 2. The van der Waals surface area contributed by atoms with Crippen LogP contribution in [0.4, 0.5) is 19.0 Å². The molecule has 0 radical (unpaired) electrons. The lowest BCUT2D eigenvalue weighted by molar-refractivity contribution is -0.153. The van der Waals surface area contributed by atoms with E-state index < -0.39 is 12.8 Å². The van der Waals surface area contributed by atoms with Gasteiger partial charge in [-0.05, 0) is 17.7 Å². The van der Waals surface area contributed by atoms with Gasteiger partial charge in [-0.15, -0.1) is 0 Å². The third kappa shape index (κ3) is 4.57. The van der Waals surface area contributed by atoms with Crippen LogP contribution in [0.5, 0.6) is 11.5 Å². The number of rotatable bonds is 6. The zero-order valence-corrected chi connectivity index (χ0v) is 12.1. The van der Waals surface area contributed by atoms with Crippen LogP contribution in [0.2, 0.25) is 0 Å². The molecule has 0 saturated heterocycles. The van der Waals surface area contributed by atoms with E-state index in [0.29, 0.717) is 12.4 Å². The molecule has 0 bridgehead atoms. The van der Waals surface area contributed by atoms with E-state index in [9.17, 15) is 13.2 Å². The maximum atomic E-state index is 12.2. The van der Waals surface area contributed by atoms with Gasteiger partial charge in [0.1, 0.15) is 5.82 Å². The minimum atomic E-state index is -4.38. The van der Waals surface area contributed by atoms with Crippen molar-refractivity contribution in [2.24, 2.45) is 7.05 Å². The van der Waals surface area contributed by atoms with Crippen LogP contribution < -0.4 is 14.8 Å². The molecule has 0 spiro atoms. The van der Waals surface area contributed by atoms with E-state index in [1.807, 2.05) is 6.07 Å². The SMILES string of the molecule is COc1cc(CNc2ccn(C)n2)ccc1OCC(F)(F)F. The van der Waals surface area contributed by atoms with E-state index in [1.165, 1.54) is 13.2 Å². The van der Waals surface area contributed by atoms with Crippen molar-refractivity contribution in [2.45, 2.75) is 12.7 Å². The standard InChI is InChI=1S/C14H16F3N3O2/c1-20-6-5-13(19-20)18-8-10-3-4-11(12(7-10)21-2)22-9-14(15,16)17/h3-7H,8-9H2,1-2H3,(H,18,19). The number of methoxy groups -OCH3 is 1. The molecule has 0 aliphatic heterocycles. The third-order valence-corrected chi connectivity index (χ3v) is 2.81. The first kappa shape index (κ1) is 16.0. The van der Waals surface area contributed by atoms with Gasteiger partial charge in [-0.1, -0.05) is 6.07 Å². The van der Waals surface area contributed by atoms with Gasteiger partial charge in [0.05, 0.1) is 7.11 Å². The fourth-order valence-corrected chi connectivity index (χ4v) is 1.80. The van der Waals surface area contributed by atoms with Crippen LogP contribution in [0.3, 0.4) is 0 Å². The minimum absolute atomic E-state index is 0.0569. The van der Waals surface area contributed by atoms with E-state index in [1.54, 1.807) is 30.1 Å². The van der Waals surface area contributed by atoms with E-state index >= 15 is 0 Å². The van der Waals surface area contributed by atoms with Crippen molar-refractivity contribution < 1.29 is 22.6 Å². The molecule has 0 atom stereocenters. The van der Waals surface area contributed by atoms with Gasteiger partial charge >= 0.3 is 6.18 Å². The Hall–Kier alpha value is -2.38. The summed E-state index contributed by atoms with van der Waals surface area (Å²) in [6.07, 6.45) is -2.58. The summed E-state index contributed by atoms with van der Waals surface area (Å²) in [6, 6.07) is 6.57. The van der Waals surface area contributed by atoms with E-state index in [2.05, 4.69) is 10.4 Å². The van der Waals surface area contributed by atoms with Crippen molar-refractivity contribution in [2.75, 3.05) is 19.0 Å². The maximum Gasteiger partial charge on any atom is 0.422 e. The summed E-state index contributed by atoms with van der Waals surface area (Å²) in [6.45, 7) is -0.887. The number of nitrogens with one attached hydrogen (secondary N) is 1. The molecule has 2 aromatic rings. The van der Waals surface area contributed by atoms with Crippen LogP contribution in [0.25, 0.3) is 0 Å². The number of anilines is 1. The van der Waals surface area contributed by atoms with Crippen molar-refractivity contribution in [1.29, 1.82) is 0 Å². The Morgan fingerprint density at radius 3 is 2.59 bits per heavy atom. The highest BCUT2D eigenvalue weighted by Crippen LogP contribution is 2.30. The average molecular weight is 315 g/mol. The van der Waals surface area contributed by atoms with Crippen molar-refractivity contribution in [3.63, 3.8) is 0 Å². The summed E-state index contributed by atoms with van der Waals surface area (Å²) >= 11 is 0. The topological polar surface area (TPSA) is 48.3 Å². The van der Waals surface area contributed by atoms with Crippen LogP contribution in [-0.4, -0.2) is 29.7 Å². The van der Waals surface area contributed by atoms with Crippen LogP contribution in [-0.2, 0) is 13.6 Å². The molecule has 1 N–H and O–H groups in total. The Kier molecular flexibility index (Phi) is 4.79. The molecule has 8 heteroatoms. The molecule has 0 amide bonds. The smallest absolute Gasteiger partial charge is 0.422 e. The molecule has 0 aliphatic carbocycles. The maximum absolute atomic E-state index is 12.2. The third-order valence-electron chi connectivity index (χ3n) is 2.81. The first-order valence-electron chi connectivity index (χ1n) is 6.47. The summed E-state index contributed by atoms with van der Waals surface area (Å²) in [4.78, 5) is 0. The molecule has 22 heavy (non-hydrogen) atoms. The second kappa shape index (κ2) is 6.59. The predicted molar refractivity (Wildman–Crippen MR) is 75.1 cm³/mol. The van der Waals surface area contributed by atoms with Gasteiger partial charge in [0.15, 0.2) is 18.1 Å². The fourth-order valence-electron chi connectivity index (χ4n) is 1.80. The molecule has 2 rings (SSSR count). The Balaban J connectivity index is 2.01. The number of alkyl halides is 3. The minimum Gasteiger partial charge on any atom is -0.493 e. The first-order chi connectivity index (χ1) is 10.4. The van der Waals surface area contributed by atoms with Crippen LogP contribution in [0.15, 0.2) is 30.5 Å². The molecule has 0 aliphatic rings. The van der Waals surface area contributed by atoms with Crippen molar-refractivity contribution in [1.82, 2.24) is 9.78 Å². The van der Waals surface area contributed by atoms with E-state index in [4.69, 9.17) is 9.47 Å². The number of nitrogens with zero attached hydrogens (tertiary/aromatic N) is 2. The zero-order chi connectivity index (χ0) is 16.2. The van der Waals surface area contributed by atoms with Crippen molar-refractivity contribution in [3.8, 4) is 11.5 Å². The van der Waals surface area contributed by atoms with Crippen molar-refractivity contribution in [3.05, 3.63) is 36.0 Å². The largest absolute Gasteiger partial charge is 0.493 e. The van der Waals surface area contributed by atoms with Crippen LogP contribution in [0, 0.1) is 0 Å². The molecule has 0 unspecified atom stereocenters. The lowest BCUT2D eigenvalue weighted by Gasteiger charge is -2.13. The summed E-state index contributed by atoms with van der Waals surface area (Å²) in [5.41, 5.74) is 0.835. The normalized spacial score (nSPS) is 11.3. The molecule has 0 fully saturated rings. The average Bonchev–Trinajstić information content (AvgIpc) is 2.88. The molecule has 0 saturated carbocycles. The molecule has 1 aromatic carbocycles. The highest BCUT2D eigenvalue weighted by molar-refractivity contribution is 5.44. The van der Waals surface area contributed by atoms with E-state index in [-0.39, 0.29) is 11.5 Å². The highest BCUT2D eigenvalue weighted by atomic mass is 19.4. The lowest BCUT2D eigenvalue weighted by atomic mass is 10.2. The number of aryl methyl sites for hydroxylation is 1. The second-order valence-corrected chi connectivity index (χ2v) is 4.62. The first-order valence-corrected chi connectivity index (χ1v) is 6.47. The number of benzene rings is 1. The highest BCUT2D eigenvalue weighted by Gasteiger charge is 2.29. The van der Waals surface area contributed by atoms with Crippen LogP contribution >= 0.6 is 0 Å². The van der Waals surface area contributed by atoms with Gasteiger partial charge in [-0.2, -0.15) is 18.3 Å². The van der Waals surface area contributed by atoms with Gasteiger partial charge in [0, 0.05) is 25.9 Å². The summed E-state index contributed by atoms with van der Waals surface area (Å²) < 4.78 is 48.0. The van der Waals surface area contributed by atoms with Gasteiger partial charge < -0.3 is 14.8 Å². The monoisotopic (exact) mass is 315 g/mol.